The van der Waals surface area contributed by atoms with E-state index in [1.807, 2.05) is 30.7 Å². The van der Waals surface area contributed by atoms with Crippen LogP contribution in [0.5, 0.6) is 0 Å². The number of primary amides is 1. The number of rotatable bonds is 3. The van der Waals surface area contributed by atoms with Crippen LogP contribution in [0.2, 0.25) is 0 Å². The Morgan fingerprint density at radius 2 is 2.12 bits per heavy atom. The molecule has 0 saturated carbocycles. The minimum atomic E-state index is -0.742. The zero-order valence-corrected chi connectivity index (χ0v) is 17.7. The monoisotopic (exact) mass is 426 g/mol. The summed E-state index contributed by atoms with van der Waals surface area (Å²) in [5.41, 5.74) is 8.42. The quantitative estimate of drug-likeness (QED) is 0.504. The van der Waals surface area contributed by atoms with Crippen LogP contribution >= 0.6 is 0 Å². The first-order chi connectivity index (χ1) is 15.5. The average molecular weight is 426 g/mol. The number of fused-ring (bicyclic) bond motifs is 3. The van der Waals surface area contributed by atoms with E-state index in [2.05, 4.69) is 38.3 Å². The molecule has 0 unspecified atom stereocenters. The van der Waals surface area contributed by atoms with Crippen molar-refractivity contribution in [3.63, 3.8) is 0 Å². The van der Waals surface area contributed by atoms with Gasteiger partial charge in [-0.15, -0.1) is 0 Å². The molecule has 0 spiro atoms. The number of hydrogen-bond donors (Lipinski definition) is 1. The van der Waals surface area contributed by atoms with E-state index in [0.717, 1.165) is 47.0 Å². The molecule has 1 atom stereocenters. The van der Waals surface area contributed by atoms with Gasteiger partial charge in [0.15, 0.2) is 0 Å². The molecule has 5 rings (SSSR count). The summed E-state index contributed by atoms with van der Waals surface area (Å²) in [4.78, 5) is 35.1. The molecule has 4 heterocycles. The van der Waals surface area contributed by atoms with Gasteiger partial charge in [0.05, 0.1) is 30.1 Å². The Morgan fingerprint density at radius 1 is 1.25 bits per heavy atom. The largest absolute Gasteiger partial charge is 0.365 e. The third-order valence-electron chi connectivity index (χ3n) is 5.93. The van der Waals surface area contributed by atoms with Gasteiger partial charge in [0.25, 0.3) is 11.5 Å². The van der Waals surface area contributed by atoms with Crippen LogP contribution in [0.3, 0.4) is 0 Å². The second kappa shape index (κ2) is 7.94. The third-order valence-corrected chi connectivity index (χ3v) is 5.93. The summed E-state index contributed by atoms with van der Waals surface area (Å²) in [6.07, 6.45) is 6.40. The highest BCUT2D eigenvalue weighted by molar-refractivity contribution is 6.02. The van der Waals surface area contributed by atoms with Gasteiger partial charge in [-0.05, 0) is 50.3 Å². The normalized spacial score (nSPS) is 16.3. The van der Waals surface area contributed by atoms with Gasteiger partial charge in [0.2, 0.25) is 0 Å². The fourth-order valence-corrected chi connectivity index (χ4v) is 4.29. The molecule has 4 aromatic rings. The van der Waals surface area contributed by atoms with Crippen LogP contribution in [-0.4, -0.2) is 50.0 Å². The molecule has 1 amide bonds. The summed E-state index contributed by atoms with van der Waals surface area (Å²) in [5.74, 6) is 5.40. The number of hydrogen-bond acceptors (Lipinski definition) is 5. The summed E-state index contributed by atoms with van der Waals surface area (Å²) >= 11 is 0. The van der Waals surface area contributed by atoms with Crippen LogP contribution in [-0.2, 0) is 6.54 Å². The van der Waals surface area contributed by atoms with E-state index >= 15 is 0 Å². The van der Waals surface area contributed by atoms with Crippen molar-refractivity contribution in [2.75, 3.05) is 20.1 Å². The Bertz CT molecular complexity index is 1470. The molecule has 2 N–H and O–H groups in total. The lowest BCUT2D eigenvalue weighted by Crippen LogP contribution is -2.28. The summed E-state index contributed by atoms with van der Waals surface area (Å²) in [7, 11) is 2.14. The number of nitrogens with two attached hydrogens (primary N) is 1. The van der Waals surface area contributed by atoms with E-state index in [1.54, 1.807) is 12.3 Å². The van der Waals surface area contributed by atoms with Gasteiger partial charge in [-0.1, -0.05) is 11.8 Å². The number of imidazole rings is 1. The van der Waals surface area contributed by atoms with Crippen molar-refractivity contribution in [2.45, 2.75) is 19.0 Å². The van der Waals surface area contributed by atoms with Gasteiger partial charge in [0.1, 0.15) is 11.1 Å². The molecule has 0 radical (unpaired) electrons. The van der Waals surface area contributed by atoms with Crippen LogP contribution in [0.1, 0.15) is 28.4 Å². The Morgan fingerprint density at radius 3 is 2.91 bits per heavy atom. The highest BCUT2D eigenvalue weighted by Crippen LogP contribution is 2.29. The number of benzene rings is 1. The van der Waals surface area contributed by atoms with Crippen molar-refractivity contribution >= 4 is 27.8 Å². The third kappa shape index (κ3) is 3.53. The lowest BCUT2D eigenvalue weighted by atomic mass is 10.1. The Hall–Kier alpha value is -3.96. The molecule has 1 saturated heterocycles. The SMILES string of the molecule is CN1CC[C@H](n2cnc3cnc4ccc(C#CCn5cccc(C(N)=O)c5=O)cc4c32)C1. The number of nitrogens with zero attached hydrogens (tertiary/aromatic N) is 5. The summed E-state index contributed by atoms with van der Waals surface area (Å²) in [6, 6.07) is 9.31. The Kier molecular flexibility index (Phi) is 4.96. The van der Waals surface area contributed by atoms with Gasteiger partial charge in [-0.25, -0.2) is 4.98 Å². The molecule has 3 aromatic heterocycles. The van der Waals surface area contributed by atoms with Crippen LogP contribution in [0, 0.1) is 11.8 Å². The number of likely N-dealkylation sites (tertiary alicyclic amines) is 1. The first kappa shape index (κ1) is 20.0. The van der Waals surface area contributed by atoms with Gasteiger partial charge in [-0.3, -0.25) is 14.6 Å². The molecular formula is C24H22N6O2. The van der Waals surface area contributed by atoms with Crippen LogP contribution in [0.25, 0.3) is 21.9 Å². The van der Waals surface area contributed by atoms with Crippen LogP contribution in [0.4, 0.5) is 0 Å². The van der Waals surface area contributed by atoms with E-state index in [1.165, 1.54) is 10.6 Å². The van der Waals surface area contributed by atoms with Gasteiger partial charge >= 0.3 is 0 Å². The Balaban J connectivity index is 1.51. The standard InChI is InChI=1S/C24H22N6O2/c1-28-11-8-17(14-28)30-15-27-21-13-26-20-7-6-16(12-19(20)22(21)30)4-2-9-29-10-3-5-18(23(25)31)24(29)32/h3,5-7,10,12-13,15,17H,8-9,11,14H2,1H3,(H2,25,31)/t17-/m0/s1. The van der Waals surface area contributed by atoms with Crippen LogP contribution in [0.15, 0.2) is 53.8 Å². The summed E-state index contributed by atoms with van der Waals surface area (Å²) < 4.78 is 3.63. The van der Waals surface area contributed by atoms with Crippen molar-refractivity contribution in [1.29, 1.82) is 0 Å². The second-order valence-corrected chi connectivity index (χ2v) is 8.10. The molecular weight excluding hydrogens is 404 g/mol. The first-order valence-electron chi connectivity index (χ1n) is 10.4. The zero-order valence-electron chi connectivity index (χ0n) is 17.7. The van der Waals surface area contributed by atoms with Crippen molar-refractivity contribution in [1.82, 2.24) is 24.0 Å². The summed E-state index contributed by atoms with van der Waals surface area (Å²) in [6.45, 7) is 2.22. The van der Waals surface area contributed by atoms with Gasteiger partial charge in [-0.2, -0.15) is 0 Å². The predicted molar refractivity (Wildman–Crippen MR) is 122 cm³/mol. The molecule has 0 bridgehead atoms. The molecule has 1 aliphatic rings. The molecule has 8 nitrogen and oxygen atoms in total. The molecule has 1 fully saturated rings. The van der Waals surface area contributed by atoms with Crippen molar-refractivity contribution < 1.29 is 4.79 Å². The molecule has 160 valence electrons. The van der Waals surface area contributed by atoms with Crippen LogP contribution < -0.4 is 11.3 Å². The minimum absolute atomic E-state index is 0.0423. The van der Waals surface area contributed by atoms with Crippen molar-refractivity contribution in [3.8, 4) is 11.8 Å². The predicted octanol–water partition coefficient (Wildman–Crippen LogP) is 1.77. The number of aromatic nitrogens is 4. The van der Waals surface area contributed by atoms with E-state index in [9.17, 15) is 9.59 Å². The molecule has 0 aliphatic carbocycles. The average Bonchev–Trinajstić information content (AvgIpc) is 3.40. The van der Waals surface area contributed by atoms with Gasteiger partial charge < -0.3 is 19.8 Å². The van der Waals surface area contributed by atoms with E-state index in [-0.39, 0.29) is 12.1 Å². The van der Waals surface area contributed by atoms with Crippen molar-refractivity contribution in [3.05, 3.63) is 70.5 Å². The number of carbonyl (C=O) groups excluding carboxylic acids is 1. The number of likely N-dealkylation sites (N-methyl/N-ethyl adjacent to an activating group) is 1. The highest BCUT2D eigenvalue weighted by Gasteiger charge is 2.23. The smallest absolute Gasteiger partial charge is 0.264 e. The molecule has 1 aliphatic heterocycles. The lowest BCUT2D eigenvalue weighted by Gasteiger charge is -2.14. The fourth-order valence-electron chi connectivity index (χ4n) is 4.29. The fraction of sp³-hybridized carbons (Fsp3) is 0.250. The molecule has 1 aromatic carbocycles. The van der Waals surface area contributed by atoms with Gasteiger partial charge in [0, 0.05) is 29.7 Å². The van der Waals surface area contributed by atoms with E-state index in [0.29, 0.717) is 6.04 Å². The van der Waals surface area contributed by atoms with Crippen molar-refractivity contribution in [2.24, 2.45) is 5.73 Å². The number of amides is 1. The summed E-state index contributed by atoms with van der Waals surface area (Å²) in [5, 5.41) is 1.01. The zero-order chi connectivity index (χ0) is 22.2. The number of carbonyl (C=O) groups is 1. The maximum Gasteiger partial charge on any atom is 0.264 e. The minimum Gasteiger partial charge on any atom is -0.365 e. The van der Waals surface area contributed by atoms with E-state index in [4.69, 9.17) is 5.73 Å². The maximum absolute atomic E-state index is 12.3. The second-order valence-electron chi connectivity index (χ2n) is 8.10. The molecule has 8 heteroatoms. The first-order valence-corrected chi connectivity index (χ1v) is 10.4. The lowest BCUT2D eigenvalue weighted by molar-refractivity contribution is 0.0998. The highest BCUT2D eigenvalue weighted by atomic mass is 16.2. The maximum atomic E-state index is 12.3. The topological polar surface area (TPSA) is 99.0 Å². The Labute approximate surface area is 184 Å². The number of pyridine rings is 2. The van der Waals surface area contributed by atoms with E-state index < -0.39 is 11.5 Å². The molecule has 32 heavy (non-hydrogen) atoms.